The number of hydrogen-bond donors (Lipinski definition) is 3. The lowest BCUT2D eigenvalue weighted by Crippen LogP contribution is -2.43. The van der Waals surface area contributed by atoms with Gasteiger partial charge in [-0.1, -0.05) is 17.7 Å². The number of ether oxygens (including phenoxy) is 1. The highest BCUT2D eigenvalue weighted by atomic mass is 32.1. The molecule has 0 aliphatic heterocycles. The lowest BCUT2D eigenvalue weighted by molar-refractivity contribution is -0.386. The van der Waals surface area contributed by atoms with Gasteiger partial charge in [0.25, 0.3) is 11.8 Å². The van der Waals surface area contributed by atoms with Gasteiger partial charge in [-0.3, -0.25) is 25.8 Å². The van der Waals surface area contributed by atoms with Crippen molar-refractivity contribution in [3.05, 3.63) is 57.3 Å². The molecule has 9 nitrogen and oxygen atoms in total. The molecule has 0 saturated heterocycles. The Morgan fingerprint density at radius 1 is 1.27 bits per heavy atom. The van der Waals surface area contributed by atoms with Crippen LogP contribution in [0.1, 0.15) is 21.5 Å². The maximum Gasteiger partial charge on any atom is 0.331 e. The molecular formula is C16H17N5O4S. The first-order valence-corrected chi connectivity index (χ1v) is 7.85. The number of carbonyl (C=O) groups excluding carboxylic acids is 1. The average Bonchev–Trinajstić information content (AvgIpc) is 2.61. The Bertz CT molecular complexity index is 872. The van der Waals surface area contributed by atoms with Crippen LogP contribution in [0.2, 0.25) is 0 Å². The summed E-state index contributed by atoms with van der Waals surface area (Å²) in [5.74, 6) is -0.806. The number of aromatic nitrogens is 1. The first-order chi connectivity index (χ1) is 12.3. The molecule has 1 aromatic heterocycles. The number of hydrogen-bond acceptors (Lipinski definition) is 6. The van der Waals surface area contributed by atoms with Gasteiger partial charge in [0, 0.05) is 18.0 Å². The van der Waals surface area contributed by atoms with Gasteiger partial charge in [0.2, 0.25) is 0 Å². The molecule has 2 rings (SSSR count). The van der Waals surface area contributed by atoms with E-state index < -0.39 is 16.5 Å². The minimum absolute atomic E-state index is 0.0145. The Balaban J connectivity index is 2.00. The van der Waals surface area contributed by atoms with Gasteiger partial charge in [0.1, 0.15) is 0 Å². The topological polar surface area (TPSA) is 118 Å². The van der Waals surface area contributed by atoms with Crippen molar-refractivity contribution in [1.29, 1.82) is 0 Å². The van der Waals surface area contributed by atoms with Gasteiger partial charge in [0.05, 0.1) is 17.6 Å². The highest BCUT2D eigenvalue weighted by Gasteiger charge is 2.19. The summed E-state index contributed by atoms with van der Waals surface area (Å²) in [7, 11) is 1.26. The van der Waals surface area contributed by atoms with E-state index in [0.717, 1.165) is 22.9 Å². The molecule has 0 fully saturated rings. The summed E-state index contributed by atoms with van der Waals surface area (Å²) in [6.45, 7) is 3.91. The van der Waals surface area contributed by atoms with Crippen molar-refractivity contribution in [2.45, 2.75) is 13.8 Å². The first kappa shape index (κ1) is 19.1. The van der Waals surface area contributed by atoms with Crippen molar-refractivity contribution in [3.63, 3.8) is 0 Å². The second kappa shape index (κ2) is 8.21. The summed E-state index contributed by atoms with van der Waals surface area (Å²) in [5, 5.41) is 14.1. The van der Waals surface area contributed by atoms with Gasteiger partial charge in [-0.2, -0.15) is 0 Å². The lowest BCUT2D eigenvalue weighted by atomic mass is 10.1. The van der Waals surface area contributed by atoms with Crippen LogP contribution in [-0.4, -0.2) is 28.0 Å². The van der Waals surface area contributed by atoms with E-state index in [4.69, 9.17) is 17.0 Å². The van der Waals surface area contributed by atoms with Crippen LogP contribution in [0.5, 0.6) is 5.88 Å². The Morgan fingerprint density at radius 2 is 2.00 bits per heavy atom. The van der Waals surface area contributed by atoms with Gasteiger partial charge in [-0.15, -0.1) is 0 Å². The van der Waals surface area contributed by atoms with Crippen molar-refractivity contribution in [2.24, 2.45) is 0 Å². The summed E-state index contributed by atoms with van der Waals surface area (Å²) >= 11 is 5.12. The van der Waals surface area contributed by atoms with Crippen LogP contribution in [0.25, 0.3) is 0 Å². The molecule has 1 heterocycles. The molecule has 3 N–H and O–H groups in total. The number of thiocarbonyl (C=S) groups is 1. The fourth-order valence-electron chi connectivity index (χ4n) is 2.15. The number of hydrazine groups is 1. The number of anilines is 1. The summed E-state index contributed by atoms with van der Waals surface area (Å²) in [6.07, 6.45) is 1.17. The fourth-order valence-corrected chi connectivity index (χ4v) is 2.31. The van der Waals surface area contributed by atoms with Gasteiger partial charge in [0.15, 0.2) is 5.11 Å². The number of aryl methyl sites for hydroxylation is 2. The van der Waals surface area contributed by atoms with Crippen LogP contribution in [0, 0.1) is 24.0 Å². The molecule has 0 aliphatic rings. The van der Waals surface area contributed by atoms with Crippen molar-refractivity contribution in [2.75, 3.05) is 12.4 Å². The molecule has 10 heteroatoms. The molecule has 1 amide bonds. The molecule has 0 bridgehead atoms. The number of nitro groups is 1. The number of methoxy groups -OCH3 is 1. The molecule has 0 aliphatic carbocycles. The van der Waals surface area contributed by atoms with Crippen LogP contribution >= 0.6 is 12.2 Å². The minimum Gasteiger partial charge on any atom is -0.476 e. The first-order valence-electron chi connectivity index (χ1n) is 7.45. The van der Waals surface area contributed by atoms with Gasteiger partial charge >= 0.3 is 5.69 Å². The molecular weight excluding hydrogens is 358 g/mol. The predicted molar refractivity (Wildman–Crippen MR) is 100 cm³/mol. The van der Waals surface area contributed by atoms with E-state index in [2.05, 4.69) is 21.2 Å². The number of amides is 1. The molecule has 1 aromatic carbocycles. The molecule has 0 saturated carbocycles. The number of pyridine rings is 1. The summed E-state index contributed by atoms with van der Waals surface area (Å²) in [5.41, 5.74) is 7.39. The van der Waals surface area contributed by atoms with E-state index in [9.17, 15) is 14.9 Å². The lowest BCUT2D eigenvalue weighted by Gasteiger charge is -2.13. The Hall–Kier alpha value is -3.27. The summed E-state index contributed by atoms with van der Waals surface area (Å²) in [4.78, 5) is 26.2. The molecule has 0 spiro atoms. The van der Waals surface area contributed by atoms with Crippen LogP contribution in [-0.2, 0) is 0 Å². The van der Waals surface area contributed by atoms with Crippen LogP contribution in [0.4, 0.5) is 11.4 Å². The van der Waals surface area contributed by atoms with E-state index in [1.165, 1.54) is 13.3 Å². The zero-order valence-electron chi connectivity index (χ0n) is 14.3. The average molecular weight is 375 g/mol. The molecule has 0 atom stereocenters. The Kier molecular flexibility index (Phi) is 6.02. The third kappa shape index (κ3) is 4.63. The molecule has 0 radical (unpaired) electrons. The maximum absolute atomic E-state index is 12.1. The summed E-state index contributed by atoms with van der Waals surface area (Å²) < 4.78 is 4.79. The largest absolute Gasteiger partial charge is 0.476 e. The monoisotopic (exact) mass is 375 g/mol. The minimum atomic E-state index is -0.678. The number of nitrogens with zero attached hydrogens (tertiary/aromatic N) is 2. The molecule has 136 valence electrons. The van der Waals surface area contributed by atoms with Crippen LogP contribution < -0.4 is 20.9 Å². The number of rotatable bonds is 4. The molecule has 2 aromatic rings. The highest BCUT2D eigenvalue weighted by Crippen LogP contribution is 2.24. The number of benzene rings is 1. The maximum atomic E-state index is 12.1. The van der Waals surface area contributed by atoms with Crippen molar-refractivity contribution < 1.29 is 14.5 Å². The zero-order chi connectivity index (χ0) is 19.3. The van der Waals surface area contributed by atoms with E-state index in [1.807, 2.05) is 32.0 Å². The number of nitrogens with one attached hydrogen (secondary N) is 3. The second-order valence-electron chi connectivity index (χ2n) is 5.36. The van der Waals surface area contributed by atoms with Crippen molar-refractivity contribution >= 4 is 34.6 Å². The number of carbonyl (C=O) groups is 1. The third-order valence-corrected chi connectivity index (χ3v) is 3.61. The Labute approximate surface area is 154 Å². The van der Waals surface area contributed by atoms with Gasteiger partial charge in [-0.05, 0) is 37.7 Å². The van der Waals surface area contributed by atoms with Crippen molar-refractivity contribution in [3.8, 4) is 5.88 Å². The normalized spacial score (nSPS) is 9.96. The third-order valence-electron chi connectivity index (χ3n) is 3.40. The molecule has 0 unspecified atom stereocenters. The predicted octanol–water partition coefficient (Wildman–Crippen LogP) is 2.25. The standard InChI is InChI=1S/C16H17N5O4S/c1-9-4-5-12(10(2)6-9)18-16(26)20-19-14(22)11-7-13(21(23)24)15(25-3)17-8-11/h4-8H,1-3H3,(H,19,22)(H2,18,20,26). The smallest absolute Gasteiger partial charge is 0.331 e. The van der Waals surface area contributed by atoms with E-state index in [-0.39, 0.29) is 16.6 Å². The zero-order valence-corrected chi connectivity index (χ0v) is 15.1. The van der Waals surface area contributed by atoms with Gasteiger partial charge < -0.3 is 10.1 Å². The van der Waals surface area contributed by atoms with E-state index in [0.29, 0.717) is 0 Å². The summed E-state index contributed by atoms with van der Waals surface area (Å²) in [6, 6.07) is 6.87. The highest BCUT2D eigenvalue weighted by molar-refractivity contribution is 7.80. The fraction of sp³-hybridized carbons (Fsp3) is 0.188. The van der Waals surface area contributed by atoms with E-state index >= 15 is 0 Å². The quantitative estimate of drug-likeness (QED) is 0.423. The second-order valence-corrected chi connectivity index (χ2v) is 5.77. The SMILES string of the molecule is COc1ncc(C(=O)NNC(=S)Nc2ccc(C)cc2C)cc1[N+](=O)[O-]. The van der Waals surface area contributed by atoms with Crippen LogP contribution in [0.3, 0.4) is 0 Å². The van der Waals surface area contributed by atoms with Crippen molar-refractivity contribution in [1.82, 2.24) is 15.8 Å². The Morgan fingerprint density at radius 3 is 2.62 bits per heavy atom. The van der Waals surface area contributed by atoms with Gasteiger partial charge in [-0.25, -0.2) is 4.98 Å². The molecule has 26 heavy (non-hydrogen) atoms. The van der Waals surface area contributed by atoms with E-state index in [1.54, 1.807) is 0 Å². The van der Waals surface area contributed by atoms with Crippen LogP contribution in [0.15, 0.2) is 30.5 Å².